The Morgan fingerprint density at radius 3 is 2.79 bits per heavy atom. The van der Waals surface area contributed by atoms with Crippen LogP contribution in [0.15, 0.2) is 17.4 Å². The summed E-state index contributed by atoms with van der Waals surface area (Å²) in [7, 11) is 0. The zero-order valence-corrected chi connectivity index (χ0v) is 18.9. The van der Waals surface area contributed by atoms with Gasteiger partial charge in [0.2, 0.25) is 0 Å². The third-order valence-electron chi connectivity index (χ3n) is 3.87. The predicted molar refractivity (Wildman–Crippen MR) is 113 cm³/mol. The molecule has 11 heteroatoms. The van der Waals surface area contributed by atoms with E-state index < -0.39 is 18.2 Å². The van der Waals surface area contributed by atoms with Crippen LogP contribution in [0.1, 0.15) is 46.5 Å². The maximum atomic E-state index is 12.9. The average Bonchev–Trinajstić information content (AvgIpc) is 3.18. The number of carbonyl (C=O) groups excluding carboxylic acids is 1. The number of alkyl carbamates (subject to hydrolysis) is 1. The van der Waals surface area contributed by atoms with Crippen molar-refractivity contribution in [1.29, 1.82) is 0 Å². The number of imidazole rings is 1. The van der Waals surface area contributed by atoms with E-state index >= 15 is 0 Å². The molecule has 1 aliphatic heterocycles. The first kappa shape index (κ1) is 24.4. The third kappa shape index (κ3) is 7.40. The van der Waals surface area contributed by atoms with Crippen LogP contribution in [-0.4, -0.2) is 57.8 Å². The first-order valence-electron chi connectivity index (χ1n) is 9.02. The lowest BCUT2D eigenvalue weighted by Gasteiger charge is -2.23. The number of aliphatic imine (C=N–C) groups is 1. The van der Waals surface area contributed by atoms with E-state index in [0.717, 1.165) is 11.0 Å². The van der Waals surface area contributed by atoms with E-state index in [0.29, 0.717) is 25.6 Å². The van der Waals surface area contributed by atoms with Crippen LogP contribution in [0.5, 0.6) is 0 Å². The average molecular weight is 514 g/mol. The molecule has 1 aromatic heterocycles. The second-order valence-electron chi connectivity index (χ2n) is 7.28. The lowest BCUT2D eigenvalue weighted by atomic mass is 10.2. The number of aromatic nitrogens is 2. The van der Waals surface area contributed by atoms with Crippen molar-refractivity contribution in [2.45, 2.75) is 58.9 Å². The van der Waals surface area contributed by atoms with E-state index in [1.54, 1.807) is 0 Å². The Hall–Kier alpha value is -1.66. The van der Waals surface area contributed by atoms with Crippen molar-refractivity contribution >= 4 is 36.0 Å². The molecule has 1 atom stereocenters. The van der Waals surface area contributed by atoms with Gasteiger partial charge in [0.25, 0.3) is 0 Å². The van der Waals surface area contributed by atoms with Crippen LogP contribution in [0, 0.1) is 0 Å². The third-order valence-corrected chi connectivity index (χ3v) is 3.87. The molecule has 0 aromatic carbocycles. The summed E-state index contributed by atoms with van der Waals surface area (Å²) in [6.07, 6.45) is 2.87. The Balaban J connectivity index is 0.00000392. The molecular weight excluding hydrogens is 485 g/mol. The highest BCUT2D eigenvalue weighted by Gasteiger charge is 2.28. The summed E-state index contributed by atoms with van der Waals surface area (Å²) < 4.78 is 31.9. The highest BCUT2D eigenvalue weighted by Crippen LogP contribution is 2.15. The maximum absolute atomic E-state index is 12.9. The first-order valence-corrected chi connectivity index (χ1v) is 9.02. The first-order chi connectivity index (χ1) is 12.7. The van der Waals surface area contributed by atoms with Crippen molar-refractivity contribution in [3.8, 4) is 0 Å². The molecule has 1 fully saturated rings. The van der Waals surface area contributed by atoms with Crippen molar-refractivity contribution in [1.82, 2.24) is 25.1 Å². The minimum atomic E-state index is -2.64. The summed E-state index contributed by atoms with van der Waals surface area (Å²) in [5, 5.41) is 6.01. The van der Waals surface area contributed by atoms with Gasteiger partial charge >= 0.3 is 12.6 Å². The standard InChI is InChI=1S/C17H28F2N6O2.HI/c1-5-20-15(22-10-13-21-7-9-25(13)14(18)19)24-8-6-12(11-24)23-16(26)27-17(2,3)4;/h7,9,12,14H,5-6,8,10-11H2,1-4H3,(H,20,22)(H,23,26);1H. The fraction of sp³-hybridized carbons (Fsp3) is 0.706. The van der Waals surface area contributed by atoms with E-state index in [2.05, 4.69) is 20.6 Å². The van der Waals surface area contributed by atoms with Crippen LogP contribution >= 0.6 is 24.0 Å². The number of carbonyl (C=O) groups is 1. The van der Waals surface area contributed by atoms with E-state index in [9.17, 15) is 13.6 Å². The number of nitrogens with zero attached hydrogens (tertiary/aromatic N) is 4. The van der Waals surface area contributed by atoms with Crippen molar-refractivity contribution in [2.24, 2.45) is 4.99 Å². The molecule has 1 unspecified atom stereocenters. The quantitative estimate of drug-likeness (QED) is 0.359. The second kappa shape index (κ2) is 10.8. The van der Waals surface area contributed by atoms with Crippen LogP contribution in [-0.2, 0) is 11.3 Å². The molecule has 160 valence electrons. The highest BCUT2D eigenvalue weighted by molar-refractivity contribution is 14.0. The van der Waals surface area contributed by atoms with Gasteiger partial charge in [0.05, 0.1) is 6.04 Å². The number of ether oxygens (including phenoxy) is 1. The summed E-state index contributed by atoms with van der Waals surface area (Å²) in [4.78, 5) is 22.3. The zero-order chi connectivity index (χ0) is 20.0. The molecular formula is C17H29F2IN6O2. The van der Waals surface area contributed by atoms with Crippen molar-refractivity contribution in [2.75, 3.05) is 19.6 Å². The smallest absolute Gasteiger partial charge is 0.407 e. The van der Waals surface area contributed by atoms with Crippen molar-refractivity contribution in [3.63, 3.8) is 0 Å². The van der Waals surface area contributed by atoms with Gasteiger partial charge in [-0.15, -0.1) is 24.0 Å². The fourth-order valence-corrected chi connectivity index (χ4v) is 2.76. The van der Waals surface area contributed by atoms with Gasteiger partial charge in [-0.25, -0.2) is 14.8 Å². The monoisotopic (exact) mass is 514 g/mol. The van der Waals surface area contributed by atoms with E-state index in [-0.39, 0.29) is 42.4 Å². The molecule has 2 rings (SSSR count). The van der Waals surface area contributed by atoms with Crippen LogP contribution < -0.4 is 10.6 Å². The Kier molecular flexibility index (Phi) is 9.37. The van der Waals surface area contributed by atoms with Crippen LogP contribution in [0.25, 0.3) is 0 Å². The van der Waals surface area contributed by atoms with E-state index in [4.69, 9.17) is 4.74 Å². The number of guanidine groups is 1. The Bertz CT molecular complexity index is 662. The molecule has 0 spiro atoms. The van der Waals surface area contributed by atoms with Crippen molar-refractivity contribution < 1.29 is 18.3 Å². The molecule has 1 aromatic rings. The van der Waals surface area contributed by atoms with E-state index in [1.165, 1.54) is 12.4 Å². The summed E-state index contributed by atoms with van der Waals surface area (Å²) >= 11 is 0. The number of nitrogens with one attached hydrogen (secondary N) is 2. The van der Waals surface area contributed by atoms with Gasteiger partial charge in [-0.2, -0.15) is 8.78 Å². The summed E-state index contributed by atoms with van der Waals surface area (Å²) in [5.41, 5.74) is -0.550. The molecule has 0 saturated carbocycles. The Labute approximate surface area is 181 Å². The predicted octanol–water partition coefficient (Wildman–Crippen LogP) is 2.96. The highest BCUT2D eigenvalue weighted by atomic mass is 127. The summed E-state index contributed by atoms with van der Waals surface area (Å²) in [6, 6.07) is -0.0632. The lowest BCUT2D eigenvalue weighted by Crippen LogP contribution is -2.44. The molecule has 8 nitrogen and oxygen atoms in total. The van der Waals surface area contributed by atoms with Gasteiger partial charge in [0.1, 0.15) is 18.0 Å². The normalized spacial score (nSPS) is 17.5. The molecule has 2 N–H and O–H groups in total. The fourth-order valence-electron chi connectivity index (χ4n) is 2.76. The largest absolute Gasteiger partial charge is 0.444 e. The number of hydrogen-bond acceptors (Lipinski definition) is 4. The minimum absolute atomic E-state index is 0. The van der Waals surface area contributed by atoms with Gasteiger partial charge in [0.15, 0.2) is 5.96 Å². The Morgan fingerprint density at radius 2 is 2.18 bits per heavy atom. The van der Waals surface area contributed by atoms with Gasteiger partial charge < -0.3 is 20.3 Å². The second-order valence-corrected chi connectivity index (χ2v) is 7.28. The number of halogens is 3. The van der Waals surface area contributed by atoms with Crippen LogP contribution in [0.4, 0.5) is 13.6 Å². The molecule has 1 saturated heterocycles. The molecule has 28 heavy (non-hydrogen) atoms. The Morgan fingerprint density at radius 1 is 1.46 bits per heavy atom. The number of likely N-dealkylation sites (tertiary alicyclic amines) is 1. The molecule has 2 heterocycles. The minimum Gasteiger partial charge on any atom is -0.444 e. The summed E-state index contributed by atoms with van der Waals surface area (Å²) in [6.45, 7) is 6.66. The van der Waals surface area contributed by atoms with Crippen LogP contribution in [0.2, 0.25) is 0 Å². The molecule has 1 amide bonds. The summed E-state index contributed by atoms with van der Waals surface area (Å²) in [5.74, 6) is 0.804. The van der Waals surface area contributed by atoms with Gasteiger partial charge in [0, 0.05) is 32.0 Å². The zero-order valence-electron chi connectivity index (χ0n) is 16.6. The molecule has 0 radical (unpaired) electrons. The maximum Gasteiger partial charge on any atom is 0.407 e. The van der Waals surface area contributed by atoms with Crippen LogP contribution in [0.3, 0.4) is 0 Å². The number of rotatable bonds is 5. The number of alkyl halides is 2. The molecule has 0 aliphatic carbocycles. The molecule has 0 bridgehead atoms. The van der Waals surface area contributed by atoms with E-state index in [1.807, 2.05) is 32.6 Å². The lowest BCUT2D eigenvalue weighted by molar-refractivity contribution is 0.0507. The number of amides is 1. The van der Waals surface area contributed by atoms with Gasteiger partial charge in [-0.05, 0) is 34.1 Å². The molecule has 1 aliphatic rings. The van der Waals surface area contributed by atoms with Gasteiger partial charge in [-0.1, -0.05) is 0 Å². The van der Waals surface area contributed by atoms with Crippen molar-refractivity contribution in [3.05, 3.63) is 18.2 Å². The van der Waals surface area contributed by atoms with Gasteiger partial charge in [-0.3, -0.25) is 4.57 Å². The number of hydrogen-bond donors (Lipinski definition) is 2. The SMILES string of the molecule is CCNC(=NCc1nccn1C(F)F)N1CCC(NC(=O)OC(C)(C)C)C1.I. The topological polar surface area (TPSA) is 83.8 Å².